The second-order valence-corrected chi connectivity index (χ2v) is 3.93. The van der Waals surface area contributed by atoms with E-state index < -0.39 is 0 Å². The van der Waals surface area contributed by atoms with Crippen molar-refractivity contribution < 1.29 is 14.6 Å². The van der Waals surface area contributed by atoms with E-state index in [9.17, 15) is 4.79 Å². The van der Waals surface area contributed by atoms with Crippen molar-refractivity contribution in [2.24, 2.45) is 0 Å². The second kappa shape index (κ2) is 12.1. The molecule has 0 fully saturated rings. The summed E-state index contributed by atoms with van der Waals surface area (Å²) < 4.78 is 5.03. The number of rotatable bonds is 6. The lowest BCUT2D eigenvalue weighted by molar-refractivity contribution is 0.0500. The number of carbonyl (C=O) groups excluding carboxylic acids is 1. The Morgan fingerprint density at radius 3 is 2.17 bits per heavy atom. The van der Waals surface area contributed by atoms with E-state index in [0.717, 1.165) is 25.7 Å². The van der Waals surface area contributed by atoms with E-state index in [1.165, 1.54) is 0 Å². The van der Waals surface area contributed by atoms with Crippen molar-refractivity contribution in [3.8, 4) is 0 Å². The van der Waals surface area contributed by atoms with Gasteiger partial charge in [0.25, 0.3) is 0 Å². The van der Waals surface area contributed by atoms with Gasteiger partial charge in [0.05, 0.1) is 12.2 Å². The molecule has 3 heteroatoms. The summed E-state index contributed by atoms with van der Waals surface area (Å²) in [4.78, 5) is 11.3. The number of benzene rings is 1. The van der Waals surface area contributed by atoms with E-state index in [1.807, 2.05) is 18.2 Å². The molecule has 0 saturated heterocycles. The number of aliphatic hydroxyl groups excluding tert-OH is 1. The average molecular weight is 252 g/mol. The van der Waals surface area contributed by atoms with Gasteiger partial charge < -0.3 is 9.84 Å². The van der Waals surface area contributed by atoms with Crippen LogP contribution in [0.25, 0.3) is 0 Å². The molecule has 0 aliphatic rings. The van der Waals surface area contributed by atoms with Gasteiger partial charge in [0.15, 0.2) is 0 Å². The third-order valence-corrected chi connectivity index (χ3v) is 2.25. The van der Waals surface area contributed by atoms with Crippen LogP contribution in [0.4, 0.5) is 0 Å². The van der Waals surface area contributed by atoms with Gasteiger partial charge in [-0.25, -0.2) is 4.79 Å². The molecule has 1 aromatic rings. The summed E-state index contributed by atoms with van der Waals surface area (Å²) in [7, 11) is 0. The van der Waals surface area contributed by atoms with Crippen LogP contribution in [-0.2, 0) is 4.74 Å². The first-order valence-corrected chi connectivity index (χ1v) is 6.59. The summed E-state index contributed by atoms with van der Waals surface area (Å²) in [5.41, 5.74) is 0.624. The van der Waals surface area contributed by atoms with Gasteiger partial charge in [0, 0.05) is 6.61 Å². The van der Waals surface area contributed by atoms with Gasteiger partial charge in [-0.05, 0) is 25.0 Å². The van der Waals surface area contributed by atoms with E-state index in [0.29, 0.717) is 18.8 Å². The number of esters is 1. The molecule has 0 saturated carbocycles. The summed E-state index contributed by atoms with van der Waals surface area (Å²) in [5.74, 6) is -0.228. The standard InChI is InChI=1S/C11H14O2.C4H10O/c1-2-3-9-13-11(12)10-7-5-4-6-8-10;1-2-3-4-5/h4-8H,2-3,9H2,1H3;5H,2-4H2,1H3. The van der Waals surface area contributed by atoms with E-state index in [4.69, 9.17) is 9.84 Å². The smallest absolute Gasteiger partial charge is 0.338 e. The van der Waals surface area contributed by atoms with Crippen molar-refractivity contribution in [1.82, 2.24) is 0 Å². The third kappa shape index (κ3) is 8.76. The van der Waals surface area contributed by atoms with Gasteiger partial charge >= 0.3 is 5.97 Å². The second-order valence-electron chi connectivity index (χ2n) is 3.93. The molecule has 102 valence electrons. The van der Waals surface area contributed by atoms with Gasteiger partial charge in [-0.15, -0.1) is 0 Å². The fourth-order valence-corrected chi connectivity index (χ4v) is 1.12. The molecular formula is C15H24O3. The van der Waals surface area contributed by atoms with Crippen LogP contribution in [0.5, 0.6) is 0 Å². The number of hydrogen-bond acceptors (Lipinski definition) is 3. The summed E-state index contributed by atoms with van der Waals surface area (Å²) in [5, 5.41) is 8.07. The topological polar surface area (TPSA) is 46.5 Å². The van der Waals surface area contributed by atoms with Crippen molar-refractivity contribution >= 4 is 5.97 Å². The lowest BCUT2D eigenvalue weighted by Crippen LogP contribution is -2.05. The van der Waals surface area contributed by atoms with Crippen LogP contribution in [0, 0.1) is 0 Å². The van der Waals surface area contributed by atoms with Crippen molar-refractivity contribution in [2.45, 2.75) is 39.5 Å². The van der Waals surface area contributed by atoms with Gasteiger partial charge in [-0.1, -0.05) is 44.9 Å². The van der Waals surface area contributed by atoms with Gasteiger partial charge in [-0.2, -0.15) is 0 Å². The number of ether oxygens (including phenoxy) is 1. The molecule has 0 radical (unpaired) electrons. The molecule has 0 amide bonds. The Morgan fingerprint density at radius 1 is 1.11 bits per heavy atom. The van der Waals surface area contributed by atoms with Gasteiger partial charge in [-0.3, -0.25) is 0 Å². The molecule has 0 aliphatic heterocycles. The zero-order chi connectivity index (χ0) is 13.6. The highest BCUT2D eigenvalue weighted by molar-refractivity contribution is 5.89. The highest BCUT2D eigenvalue weighted by atomic mass is 16.5. The number of hydrogen-bond donors (Lipinski definition) is 1. The molecule has 1 N–H and O–H groups in total. The highest BCUT2D eigenvalue weighted by Gasteiger charge is 2.03. The summed E-state index contributed by atoms with van der Waals surface area (Å²) in [6.07, 6.45) is 4.01. The van der Waals surface area contributed by atoms with Crippen LogP contribution in [0.15, 0.2) is 30.3 Å². The van der Waals surface area contributed by atoms with Crippen LogP contribution in [0.3, 0.4) is 0 Å². The molecule has 0 spiro atoms. The minimum Gasteiger partial charge on any atom is -0.462 e. The molecular weight excluding hydrogens is 228 g/mol. The maximum Gasteiger partial charge on any atom is 0.338 e. The summed E-state index contributed by atoms with van der Waals surface area (Å²) >= 11 is 0. The van der Waals surface area contributed by atoms with E-state index in [1.54, 1.807) is 12.1 Å². The molecule has 0 aromatic heterocycles. The SMILES string of the molecule is CCCCO.CCCCOC(=O)c1ccccc1. The lowest BCUT2D eigenvalue weighted by Gasteiger charge is -2.02. The predicted octanol–water partition coefficient (Wildman–Crippen LogP) is 3.42. The zero-order valence-electron chi connectivity index (χ0n) is 11.4. The molecule has 3 nitrogen and oxygen atoms in total. The van der Waals surface area contributed by atoms with Crippen LogP contribution in [-0.4, -0.2) is 24.3 Å². The molecule has 18 heavy (non-hydrogen) atoms. The Morgan fingerprint density at radius 2 is 1.72 bits per heavy atom. The first kappa shape index (κ1) is 16.6. The Bertz CT molecular complexity index is 294. The Hall–Kier alpha value is -1.35. The lowest BCUT2D eigenvalue weighted by atomic mass is 10.2. The van der Waals surface area contributed by atoms with Crippen LogP contribution in [0.2, 0.25) is 0 Å². The molecule has 0 unspecified atom stereocenters. The summed E-state index contributed by atoms with van der Waals surface area (Å²) in [6, 6.07) is 9.05. The molecule has 1 rings (SSSR count). The Kier molecular flexibility index (Phi) is 11.2. The van der Waals surface area contributed by atoms with Crippen molar-refractivity contribution in [2.75, 3.05) is 13.2 Å². The maximum atomic E-state index is 11.3. The molecule has 0 heterocycles. The Labute approximate surface area is 110 Å². The third-order valence-electron chi connectivity index (χ3n) is 2.25. The fraction of sp³-hybridized carbons (Fsp3) is 0.533. The first-order valence-electron chi connectivity index (χ1n) is 6.59. The minimum absolute atomic E-state index is 0.228. The molecule has 0 atom stereocenters. The first-order chi connectivity index (χ1) is 8.76. The van der Waals surface area contributed by atoms with E-state index >= 15 is 0 Å². The van der Waals surface area contributed by atoms with Crippen molar-refractivity contribution in [3.05, 3.63) is 35.9 Å². The maximum absolute atomic E-state index is 11.3. The monoisotopic (exact) mass is 252 g/mol. The van der Waals surface area contributed by atoms with Gasteiger partial charge in [0.2, 0.25) is 0 Å². The van der Waals surface area contributed by atoms with Gasteiger partial charge in [0.1, 0.15) is 0 Å². The fourth-order valence-electron chi connectivity index (χ4n) is 1.12. The number of unbranched alkanes of at least 4 members (excludes halogenated alkanes) is 2. The molecule has 0 bridgehead atoms. The minimum atomic E-state index is -0.228. The summed E-state index contributed by atoms with van der Waals surface area (Å²) in [6.45, 7) is 4.98. The Balaban J connectivity index is 0.000000494. The largest absolute Gasteiger partial charge is 0.462 e. The normalized spacial score (nSPS) is 9.28. The van der Waals surface area contributed by atoms with Crippen molar-refractivity contribution in [3.63, 3.8) is 0 Å². The predicted molar refractivity (Wildman–Crippen MR) is 73.6 cm³/mol. The van der Waals surface area contributed by atoms with Crippen LogP contribution in [0.1, 0.15) is 49.9 Å². The highest BCUT2D eigenvalue weighted by Crippen LogP contribution is 2.01. The van der Waals surface area contributed by atoms with Crippen molar-refractivity contribution in [1.29, 1.82) is 0 Å². The van der Waals surface area contributed by atoms with E-state index in [-0.39, 0.29) is 5.97 Å². The molecule has 0 aliphatic carbocycles. The number of aliphatic hydroxyl groups is 1. The average Bonchev–Trinajstić information content (AvgIpc) is 2.41. The number of carbonyl (C=O) groups is 1. The van der Waals surface area contributed by atoms with Crippen LogP contribution >= 0.6 is 0 Å². The van der Waals surface area contributed by atoms with Crippen LogP contribution < -0.4 is 0 Å². The zero-order valence-corrected chi connectivity index (χ0v) is 11.4. The molecule has 1 aromatic carbocycles. The van der Waals surface area contributed by atoms with E-state index in [2.05, 4.69) is 13.8 Å². The quantitative estimate of drug-likeness (QED) is 0.623.